The van der Waals surface area contributed by atoms with Gasteiger partial charge in [-0.2, -0.15) is 16.7 Å². The highest BCUT2D eigenvalue weighted by Gasteiger charge is 2.34. The van der Waals surface area contributed by atoms with E-state index in [9.17, 15) is 8.42 Å². The molecule has 0 radical (unpaired) electrons. The highest BCUT2D eigenvalue weighted by atomic mass is 79.9. The second-order valence-corrected chi connectivity index (χ2v) is 9.02. The Balaban J connectivity index is 2.39. The predicted octanol–water partition coefficient (Wildman–Crippen LogP) is 1.98. The Kier molecular flexibility index (Phi) is 5.73. The van der Waals surface area contributed by atoms with Gasteiger partial charge in [0.05, 0.1) is 4.47 Å². The van der Waals surface area contributed by atoms with E-state index in [0.717, 1.165) is 5.75 Å². The summed E-state index contributed by atoms with van der Waals surface area (Å²) in [5.74, 6) is 2.76. The average molecular weight is 395 g/mol. The molecule has 0 spiro atoms. The maximum absolute atomic E-state index is 12.3. The molecule has 0 amide bonds. The van der Waals surface area contributed by atoms with Crippen molar-refractivity contribution in [2.75, 3.05) is 40.6 Å². The van der Waals surface area contributed by atoms with Crippen molar-refractivity contribution in [1.82, 2.24) is 9.97 Å². The molecule has 1 fully saturated rings. The third kappa shape index (κ3) is 3.81. The summed E-state index contributed by atoms with van der Waals surface area (Å²) in [5, 5.41) is 2.53. The molecule has 1 aromatic heterocycles. The lowest BCUT2D eigenvalue weighted by Crippen LogP contribution is -2.48. The van der Waals surface area contributed by atoms with Crippen molar-refractivity contribution in [3.63, 3.8) is 0 Å². The number of nitrogens with one attached hydrogen (secondary N) is 1. The lowest BCUT2D eigenvalue weighted by atomic mass is 10.4. The van der Waals surface area contributed by atoms with Crippen molar-refractivity contribution < 1.29 is 8.42 Å². The fourth-order valence-electron chi connectivity index (χ4n) is 2.12. The van der Waals surface area contributed by atoms with Crippen LogP contribution in [0.15, 0.2) is 10.7 Å². The molecule has 9 heteroatoms. The molecule has 2 rings (SSSR count). The third-order valence-corrected chi connectivity index (χ3v) is 7.08. The number of rotatable bonds is 5. The number of aromatic nitrogens is 2. The van der Waals surface area contributed by atoms with Crippen LogP contribution in [0.4, 0.5) is 11.8 Å². The summed E-state index contributed by atoms with van der Waals surface area (Å²) in [5.41, 5.74) is 0. The first-order valence-corrected chi connectivity index (χ1v) is 10.5. The van der Waals surface area contributed by atoms with Gasteiger partial charge in [0.25, 0.3) is 0 Å². The number of thioether (sulfide) groups is 1. The highest BCUT2D eigenvalue weighted by molar-refractivity contribution is 9.10. The van der Waals surface area contributed by atoms with Crippen LogP contribution < -0.4 is 10.2 Å². The van der Waals surface area contributed by atoms with Gasteiger partial charge in [0.1, 0.15) is 11.2 Å². The number of nitrogens with zero attached hydrogens (tertiary/aromatic N) is 3. The van der Waals surface area contributed by atoms with Crippen LogP contribution in [0.5, 0.6) is 0 Å². The van der Waals surface area contributed by atoms with E-state index in [2.05, 4.69) is 31.2 Å². The monoisotopic (exact) mass is 394 g/mol. The number of sulfone groups is 1. The van der Waals surface area contributed by atoms with E-state index in [4.69, 9.17) is 0 Å². The second-order valence-electron chi connectivity index (χ2n) is 4.57. The van der Waals surface area contributed by atoms with E-state index >= 15 is 0 Å². The number of halogens is 1. The van der Waals surface area contributed by atoms with Crippen LogP contribution in [0.1, 0.15) is 13.8 Å². The fourth-order valence-corrected chi connectivity index (χ4v) is 5.50. The molecule has 0 aromatic carbocycles. The molecule has 118 valence electrons. The van der Waals surface area contributed by atoms with Crippen LogP contribution in [0.2, 0.25) is 0 Å². The summed E-state index contributed by atoms with van der Waals surface area (Å²) in [6.45, 7) is 5.03. The van der Waals surface area contributed by atoms with Gasteiger partial charge in [0, 0.05) is 36.5 Å². The summed E-state index contributed by atoms with van der Waals surface area (Å²) in [6, 6.07) is 0. The minimum atomic E-state index is -3.16. The van der Waals surface area contributed by atoms with Crippen LogP contribution >= 0.6 is 27.7 Å². The van der Waals surface area contributed by atoms with Gasteiger partial charge in [-0.3, -0.25) is 0 Å². The van der Waals surface area contributed by atoms with Crippen LogP contribution in [-0.2, 0) is 9.84 Å². The Hall–Kier alpha value is -0.540. The van der Waals surface area contributed by atoms with Crippen LogP contribution in [0.3, 0.4) is 0 Å². The molecule has 6 nitrogen and oxygen atoms in total. The van der Waals surface area contributed by atoms with E-state index in [1.165, 1.54) is 0 Å². The fraction of sp³-hybridized carbons (Fsp3) is 0.667. The van der Waals surface area contributed by atoms with Gasteiger partial charge in [-0.15, -0.1) is 0 Å². The van der Waals surface area contributed by atoms with Gasteiger partial charge in [-0.1, -0.05) is 6.92 Å². The maximum atomic E-state index is 12.3. The number of hydrogen-bond acceptors (Lipinski definition) is 7. The Morgan fingerprint density at radius 3 is 2.95 bits per heavy atom. The summed E-state index contributed by atoms with van der Waals surface area (Å²) in [4.78, 5) is 10.5. The van der Waals surface area contributed by atoms with Crippen LogP contribution in [-0.4, -0.2) is 54.1 Å². The maximum Gasteiger partial charge on any atom is 0.224 e. The van der Waals surface area contributed by atoms with Crippen molar-refractivity contribution in [2.45, 2.75) is 19.2 Å². The zero-order valence-electron chi connectivity index (χ0n) is 12.0. The van der Waals surface area contributed by atoms with E-state index in [0.29, 0.717) is 35.1 Å². The first-order valence-electron chi connectivity index (χ1n) is 6.82. The van der Waals surface area contributed by atoms with Crippen molar-refractivity contribution in [3.8, 4) is 0 Å². The van der Waals surface area contributed by atoms with Gasteiger partial charge < -0.3 is 10.2 Å². The van der Waals surface area contributed by atoms with Gasteiger partial charge in [-0.25, -0.2) is 13.4 Å². The van der Waals surface area contributed by atoms with Crippen LogP contribution in [0, 0.1) is 0 Å². The Morgan fingerprint density at radius 2 is 2.29 bits per heavy atom. The van der Waals surface area contributed by atoms with Crippen LogP contribution in [0.25, 0.3) is 0 Å². The second kappa shape index (κ2) is 7.15. The smallest absolute Gasteiger partial charge is 0.224 e. The molecule has 1 unspecified atom stereocenters. The van der Waals surface area contributed by atoms with Gasteiger partial charge in [0.15, 0.2) is 9.84 Å². The van der Waals surface area contributed by atoms with Gasteiger partial charge in [0.2, 0.25) is 5.95 Å². The molecule has 1 aliphatic heterocycles. The zero-order valence-corrected chi connectivity index (χ0v) is 15.3. The largest absolute Gasteiger partial charge is 0.354 e. The minimum absolute atomic E-state index is 0.136. The first kappa shape index (κ1) is 16.8. The Bertz CT molecular complexity index is 597. The summed E-state index contributed by atoms with van der Waals surface area (Å²) < 4.78 is 25.4. The normalized spacial score (nSPS) is 19.6. The Morgan fingerprint density at radius 1 is 1.52 bits per heavy atom. The van der Waals surface area contributed by atoms with Crippen molar-refractivity contribution in [1.29, 1.82) is 0 Å². The average Bonchev–Trinajstić information content (AvgIpc) is 2.49. The summed E-state index contributed by atoms with van der Waals surface area (Å²) in [7, 11) is -3.16. The van der Waals surface area contributed by atoms with E-state index in [1.807, 2.05) is 11.8 Å². The van der Waals surface area contributed by atoms with E-state index in [-0.39, 0.29) is 5.75 Å². The van der Waals surface area contributed by atoms with Crippen molar-refractivity contribution in [3.05, 3.63) is 10.7 Å². The SMILES string of the molecule is CCNc1ncc(Br)c(N2CCSCC2S(=O)(=O)CC)n1. The molecule has 1 saturated heterocycles. The predicted molar refractivity (Wildman–Crippen MR) is 91.8 cm³/mol. The molecule has 1 aromatic rings. The number of hydrogen-bond donors (Lipinski definition) is 1. The van der Waals surface area contributed by atoms with Crippen molar-refractivity contribution >= 4 is 49.3 Å². The highest BCUT2D eigenvalue weighted by Crippen LogP contribution is 2.31. The van der Waals surface area contributed by atoms with E-state index < -0.39 is 15.2 Å². The molecule has 2 heterocycles. The molecular formula is C12H19BrN4O2S2. The molecule has 1 aliphatic rings. The molecule has 1 atom stereocenters. The molecule has 0 aliphatic carbocycles. The molecule has 1 N–H and O–H groups in total. The van der Waals surface area contributed by atoms with Gasteiger partial charge in [-0.05, 0) is 22.9 Å². The third-order valence-electron chi connectivity index (χ3n) is 3.23. The topological polar surface area (TPSA) is 75.2 Å². The summed E-state index contributed by atoms with van der Waals surface area (Å²) >= 11 is 5.11. The summed E-state index contributed by atoms with van der Waals surface area (Å²) in [6.07, 6.45) is 1.66. The molecule has 21 heavy (non-hydrogen) atoms. The zero-order chi connectivity index (χ0) is 15.5. The number of anilines is 2. The molecular weight excluding hydrogens is 376 g/mol. The quantitative estimate of drug-likeness (QED) is 0.817. The van der Waals surface area contributed by atoms with Gasteiger partial charge >= 0.3 is 0 Å². The van der Waals surface area contributed by atoms with E-state index in [1.54, 1.807) is 24.9 Å². The first-order chi connectivity index (χ1) is 9.99. The minimum Gasteiger partial charge on any atom is -0.354 e. The Labute approximate surface area is 138 Å². The lowest BCUT2D eigenvalue weighted by molar-refractivity contribution is 0.578. The van der Waals surface area contributed by atoms with Crippen molar-refractivity contribution in [2.24, 2.45) is 0 Å². The standard InChI is InChI=1S/C12H19BrN4O2S2/c1-3-14-12-15-7-9(13)11(16-12)17-5-6-20-8-10(17)21(18,19)4-2/h7,10H,3-6,8H2,1-2H3,(H,14,15,16). The molecule has 0 bridgehead atoms. The molecule has 0 saturated carbocycles. The lowest BCUT2D eigenvalue weighted by Gasteiger charge is -2.36.